The van der Waals surface area contributed by atoms with Crippen molar-refractivity contribution in [2.45, 2.75) is 104 Å². The van der Waals surface area contributed by atoms with Crippen molar-refractivity contribution in [3.63, 3.8) is 0 Å². The van der Waals surface area contributed by atoms with E-state index in [9.17, 15) is 0 Å². The van der Waals surface area contributed by atoms with Crippen molar-refractivity contribution in [3.8, 4) is 0 Å². The van der Waals surface area contributed by atoms with Gasteiger partial charge < -0.3 is 5.32 Å². The number of hydrogen-bond acceptors (Lipinski definition) is 1. The van der Waals surface area contributed by atoms with Gasteiger partial charge in [0.05, 0.1) is 0 Å². The summed E-state index contributed by atoms with van der Waals surface area (Å²) in [5, 5.41) is 3.69. The number of nitrogens with one attached hydrogen (secondary N) is 1. The van der Waals surface area contributed by atoms with Crippen molar-refractivity contribution in [1.29, 1.82) is 0 Å². The summed E-state index contributed by atoms with van der Waals surface area (Å²) in [6.45, 7) is 8.12. The summed E-state index contributed by atoms with van der Waals surface area (Å²) in [5.74, 6) is 1.98. The SMILES string of the molecule is CCCCCCCCCC(CNC(C)C)C1CCCC1. The van der Waals surface area contributed by atoms with E-state index in [4.69, 9.17) is 0 Å². The average Bonchev–Trinajstić information content (AvgIpc) is 2.94. The smallest absolute Gasteiger partial charge is 0.00104 e. The van der Waals surface area contributed by atoms with E-state index in [1.807, 2.05) is 0 Å². The number of rotatable bonds is 12. The lowest BCUT2D eigenvalue weighted by atomic mass is 9.86. The molecule has 1 unspecified atom stereocenters. The number of hydrogen-bond donors (Lipinski definition) is 1. The lowest BCUT2D eigenvalue weighted by molar-refractivity contribution is 0.288. The van der Waals surface area contributed by atoms with Crippen LogP contribution in [0.4, 0.5) is 0 Å². The van der Waals surface area contributed by atoms with E-state index >= 15 is 0 Å². The third-order valence-electron chi connectivity index (χ3n) is 5.03. The molecule has 0 spiro atoms. The third-order valence-corrected chi connectivity index (χ3v) is 5.03. The minimum Gasteiger partial charge on any atom is -0.314 e. The summed E-state index contributed by atoms with van der Waals surface area (Å²) in [6, 6.07) is 0.646. The second kappa shape index (κ2) is 11.6. The fourth-order valence-corrected chi connectivity index (χ4v) is 3.68. The molecule has 0 aromatic rings. The first-order valence-electron chi connectivity index (χ1n) is 9.47. The van der Waals surface area contributed by atoms with Crippen LogP contribution in [0, 0.1) is 11.8 Å². The van der Waals surface area contributed by atoms with Gasteiger partial charge in [-0.25, -0.2) is 0 Å². The highest BCUT2D eigenvalue weighted by Crippen LogP contribution is 2.34. The third kappa shape index (κ3) is 8.29. The lowest BCUT2D eigenvalue weighted by Gasteiger charge is -2.25. The molecule has 120 valence electrons. The zero-order valence-electron chi connectivity index (χ0n) is 14.4. The zero-order chi connectivity index (χ0) is 14.6. The van der Waals surface area contributed by atoms with Gasteiger partial charge in [0.15, 0.2) is 0 Å². The molecule has 0 heterocycles. The van der Waals surface area contributed by atoms with Crippen LogP contribution in [-0.4, -0.2) is 12.6 Å². The van der Waals surface area contributed by atoms with Gasteiger partial charge in [0.1, 0.15) is 0 Å². The molecule has 0 amide bonds. The van der Waals surface area contributed by atoms with Crippen LogP contribution in [0.1, 0.15) is 97.8 Å². The van der Waals surface area contributed by atoms with Gasteiger partial charge >= 0.3 is 0 Å². The van der Waals surface area contributed by atoms with Gasteiger partial charge in [0.25, 0.3) is 0 Å². The van der Waals surface area contributed by atoms with Gasteiger partial charge in [-0.05, 0) is 24.8 Å². The van der Waals surface area contributed by atoms with E-state index in [1.165, 1.54) is 83.6 Å². The van der Waals surface area contributed by atoms with Gasteiger partial charge in [0.2, 0.25) is 0 Å². The molecular weight excluding hydrogens is 242 g/mol. The maximum absolute atomic E-state index is 3.69. The molecule has 1 fully saturated rings. The summed E-state index contributed by atoms with van der Waals surface area (Å²) in [5.41, 5.74) is 0. The molecule has 0 saturated heterocycles. The fraction of sp³-hybridized carbons (Fsp3) is 1.00. The van der Waals surface area contributed by atoms with E-state index in [-0.39, 0.29) is 0 Å². The van der Waals surface area contributed by atoms with E-state index in [2.05, 4.69) is 26.1 Å². The molecule has 0 aromatic heterocycles. The predicted octanol–water partition coefficient (Wildman–Crippen LogP) is 5.93. The minimum atomic E-state index is 0.646. The van der Waals surface area contributed by atoms with Crippen LogP contribution in [0.5, 0.6) is 0 Å². The minimum absolute atomic E-state index is 0.646. The monoisotopic (exact) mass is 281 g/mol. The van der Waals surface area contributed by atoms with Crippen LogP contribution in [0.3, 0.4) is 0 Å². The highest BCUT2D eigenvalue weighted by atomic mass is 14.9. The van der Waals surface area contributed by atoms with Gasteiger partial charge in [-0.1, -0.05) is 91.4 Å². The Balaban J connectivity index is 2.12. The van der Waals surface area contributed by atoms with Gasteiger partial charge in [-0.3, -0.25) is 0 Å². The first-order chi connectivity index (χ1) is 9.74. The molecule has 20 heavy (non-hydrogen) atoms. The lowest BCUT2D eigenvalue weighted by Crippen LogP contribution is -2.32. The van der Waals surface area contributed by atoms with Crippen LogP contribution < -0.4 is 5.32 Å². The Kier molecular flexibility index (Phi) is 10.4. The quantitative estimate of drug-likeness (QED) is 0.437. The fourth-order valence-electron chi connectivity index (χ4n) is 3.68. The molecule has 0 aromatic carbocycles. The van der Waals surface area contributed by atoms with Crippen LogP contribution in [-0.2, 0) is 0 Å². The Morgan fingerprint density at radius 1 is 0.900 bits per heavy atom. The standard InChI is InChI=1S/C19H39N/c1-4-5-6-7-8-9-10-15-19(16-20-17(2)3)18-13-11-12-14-18/h17-20H,4-16H2,1-3H3. The number of unbranched alkanes of at least 4 members (excludes halogenated alkanes) is 6. The summed E-state index contributed by atoms with van der Waals surface area (Å²) in [6.07, 6.45) is 17.6. The van der Waals surface area contributed by atoms with E-state index < -0.39 is 0 Å². The van der Waals surface area contributed by atoms with Crippen molar-refractivity contribution in [2.24, 2.45) is 11.8 Å². The Morgan fingerprint density at radius 3 is 2.10 bits per heavy atom. The summed E-state index contributed by atoms with van der Waals surface area (Å²) in [7, 11) is 0. The van der Waals surface area contributed by atoms with Gasteiger partial charge in [-0.2, -0.15) is 0 Å². The molecule has 0 aliphatic heterocycles. The first-order valence-corrected chi connectivity index (χ1v) is 9.47. The topological polar surface area (TPSA) is 12.0 Å². The molecule has 1 aliphatic carbocycles. The molecule has 1 nitrogen and oxygen atoms in total. The van der Waals surface area contributed by atoms with Crippen molar-refractivity contribution in [1.82, 2.24) is 5.32 Å². The largest absolute Gasteiger partial charge is 0.314 e. The van der Waals surface area contributed by atoms with Gasteiger partial charge in [-0.15, -0.1) is 0 Å². The van der Waals surface area contributed by atoms with Crippen LogP contribution in [0.15, 0.2) is 0 Å². The van der Waals surface area contributed by atoms with Crippen molar-refractivity contribution >= 4 is 0 Å². The Morgan fingerprint density at radius 2 is 1.50 bits per heavy atom. The van der Waals surface area contributed by atoms with Crippen molar-refractivity contribution < 1.29 is 0 Å². The highest BCUT2D eigenvalue weighted by Gasteiger charge is 2.24. The van der Waals surface area contributed by atoms with Crippen molar-refractivity contribution in [3.05, 3.63) is 0 Å². The highest BCUT2D eigenvalue weighted by molar-refractivity contribution is 4.77. The van der Waals surface area contributed by atoms with Crippen molar-refractivity contribution in [2.75, 3.05) is 6.54 Å². The summed E-state index contributed by atoms with van der Waals surface area (Å²) < 4.78 is 0. The Hall–Kier alpha value is -0.0400. The molecule has 1 heteroatoms. The molecule has 1 atom stereocenters. The Labute approximate surface area is 128 Å². The first kappa shape index (κ1) is 18.0. The zero-order valence-corrected chi connectivity index (χ0v) is 14.4. The van der Waals surface area contributed by atoms with E-state index in [0.717, 1.165) is 11.8 Å². The maximum atomic E-state index is 3.69. The molecule has 1 N–H and O–H groups in total. The Bertz CT molecular complexity index is 206. The predicted molar refractivity (Wildman–Crippen MR) is 91.2 cm³/mol. The maximum Gasteiger partial charge on any atom is 0.00104 e. The van der Waals surface area contributed by atoms with Crippen LogP contribution in [0.2, 0.25) is 0 Å². The second-order valence-electron chi connectivity index (χ2n) is 7.28. The molecule has 1 saturated carbocycles. The normalized spacial score (nSPS) is 18.0. The summed E-state index contributed by atoms with van der Waals surface area (Å²) >= 11 is 0. The van der Waals surface area contributed by atoms with E-state index in [1.54, 1.807) is 0 Å². The van der Waals surface area contributed by atoms with Gasteiger partial charge in [0, 0.05) is 6.04 Å². The molecule has 1 aliphatic rings. The second-order valence-corrected chi connectivity index (χ2v) is 7.28. The van der Waals surface area contributed by atoms with E-state index in [0.29, 0.717) is 6.04 Å². The molecule has 0 bridgehead atoms. The summed E-state index contributed by atoms with van der Waals surface area (Å²) in [4.78, 5) is 0. The van der Waals surface area contributed by atoms with Crippen LogP contribution in [0.25, 0.3) is 0 Å². The molecular formula is C19H39N. The molecule has 1 rings (SSSR count). The average molecular weight is 282 g/mol. The van der Waals surface area contributed by atoms with Crippen LogP contribution >= 0.6 is 0 Å². The molecule has 0 radical (unpaired) electrons.